The molecule has 10 heteroatoms. The van der Waals surface area contributed by atoms with Crippen LogP contribution < -0.4 is 0 Å². The van der Waals surface area contributed by atoms with Gasteiger partial charge in [-0.1, -0.05) is 18.2 Å². The molecule has 0 saturated heterocycles. The normalized spacial score (nSPS) is 11.3. The lowest BCUT2D eigenvalue weighted by Gasteiger charge is -2.08. The second-order valence-corrected chi connectivity index (χ2v) is 7.86. The standard InChI is InChI=1S/C27H46O10/c1-29-8-9-31-12-13-33-16-17-35-20-21-37-23-22-36-19-18-34-15-14-32-11-10-30-7-3-6-26-4-2-5-27(24-26)25-28/h2,4-5,24-25H,3,6-23H2,1H3. The summed E-state index contributed by atoms with van der Waals surface area (Å²) in [7, 11) is 1.65. The van der Waals surface area contributed by atoms with Crippen molar-refractivity contribution in [3.63, 3.8) is 0 Å². The topological polar surface area (TPSA) is 100 Å². The third-order valence-corrected chi connectivity index (χ3v) is 4.88. The van der Waals surface area contributed by atoms with Gasteiger partial charge in [-0.25, -0.2) is 0 Å². The van der Waals surface area contributed by atoms with Gasteiger partial charge < -0.3 is 42.6 Å². The maximum atomic E-state index is 10.8. The number of carbonyl (C=O) groups excluding carboxylic acids is 1. The molecule has 10 nitrogen and oxygen atoms in total. The minimum Gasteiger partial charge on any atom is -0.382 e. The summed E-state index contributed by atoms with van der Waals surface area (Å²) in [5, 5.41) is 0. The first-order chi connectivity index (χ1) is 18.4. The van der Waals surface area contributed by atoms with Gasteiger partial charge in [0.05, 0.1) is 106 Å². The number of carbonyl (C=O) groups is 1. The van der Waals surface area contributed by atoms with E-state index in [0.29, 0.717) is 118 Å². The van der Waals surface area contributed by atoms with Crippen molar-refractivity contribution in [1.82, 2.24) is 0 Å². The minimum atomic E-state index is 0.519. The second-order valence-electron chi connectivity index (χ2n) is 7.86. The quantitative estimate of drug-likeness (QED) is 0.113. The molecule has 0 unspecified atom stereocenters. The molecule has 0 saturated carbocycles. The molecule has 0 aliphatic heterocycles. The summed E-state index contributed by atoms with van der Waals surface area (Å²) in [6.07, 6.45) is 2.67. The summed E-state index contributed by atoms with van der Waals surface area (Å²) in [6.45, 7) is 9.31. The van der Waals surface area contributed by atoms with E-state index >= 15 is 0 Å². The molecule has 0 atom stereocenters. The summed E-state index contributed by atoms with van der Waals surface area (Å²) in [5.41, 5.74) is 1.86. The maximum Gasteiger partial charge on any atom is 0.150 e. The minimum absolute atomic E-state index is 0.519. The molecule has 0 aromatic heterocycles. The van der Waals surface area contributed by atoms with E-state index in [4.69, 9.17) is 42.6 Å². The summed E-state index contributed by atoms with van der Waals surface area (Å²) in [5.74, 6) is 0. The van der Waals surface area contributed by atoms with Crippen molar-refractivity contribution in [2.45, 2.75) is 12.8 Å². The van der Waals surface area contributed by atoms with E-state index in [1.165, 1.54) is 0 Å². The van der Waals surface area contributed by atoms with E-state index in [0.717, 1.165) is 24.7 Å². The van der Waals surface area contributed by atoms with E-state index in [2.05, 4.69) is 0 Å². The number of hydrogen-bond acceptors (Lipinski definition) is 10. The first-order valence-electron chi connectivity index (χ1n) is 13.0. The van der Waals surface area contributed by atoms with Crippen LogP contribution in [0, 0.1) is 0 Å². The molecule has 0 fully saturated rings. The average molecular weight is 531 g/mol. The predicted molar refractivity (Wildman–Crippen MR) is 139 cm³/mol. The number of hydrogen-bond donors (Lipinski definition) is 0. The van der Waals surface area contributed by atoms with Gasteiger partial charge in [0.15, 0.2) is 0 Å². The van der Waals surface area contributed by atoms with E-state index in [1.54, 1.807) is 13.2 Å². The van der Waals surface area contributed by atoms with Gasteiger partial charge in [-0.2, -0.15) is 0 Å². The lowest BCUT2D eigenvalue weighted by Crippen LogP contribution is -2.15. The summed E-state index contributed by atoms with van der Waals surface area (Å²) in [4.78, 5) is 10.8. The van der Waals surface area contributed by atoms with Crippen molar-refractivity contribution in [3.05, 3.63) is 35.4 Å². The van der Waals surface area contributed by atoms with Gasteiger partial charge in [-0.05, 0) is 24.5 Å². The van der Waals surface area contributed by atoms with E-state index in [1.807, 2.05) is 18.2 Å². The van der Waals surface area contributed by atoms with Gasteiger partial charge in [0.1, 0.15) is 6.29 Å². The monoisotopic (exact) mass is 530 g/mol. The van der Waals surface area contributed by atoms with Gasteiger partial charge in [0, 0.05) is 19.3 Å². The SMILES string of the molecule is COCCOCCOCCOCCOCCOCCOCCOCCOCCCc1cccc(C=O)c1. The molecule has 0 aliphatic rings. The molecule has 0 heterocycles. The smallest absolute Gasteiger partial charge is 0.150 e. The largest absolute Gasteiger partial charge is 0.382 e. The highest BCUT2D eigenvalue weighted by Crippen LogP contribution is 2.06. The molecule has 1 aromatic carbocycles. The maximum absolute atomic E-state index is 10.8. The van der Waals surface area contributed by atoms with Crippen LogP contribution in [0.15, 0.2) is 24.3 Å². The molecule has 1 rings (SSSR count). The van der Waals surface area contributed by atoms with Crippen LogP contribution in [0.4, 0.5) is 0 Å². The van der Waals surface area contributed by atoms with Crippen molar-refractivity contribution in [3.8, 4) is 0 Å². The molecule has 214 valence electrons. The number of ether oxygens (including phenoxy) is 9. The van der Waals surface area contributed by atoms with Crippen molar-refractivity contribution in [2.24, 2.45) is 0 Å². The first-order valence-corrected chi connectivity index (χ1v) is 13.0. The van der Waals surface area contributed by atoms with Crippen molar-refractivity contribution in [2.75, 3.05) is 119 Å². The Labute approximate surface area is 221 Å². The Kier molecular flexibility index (Phi) is 25.0. The highest BCUT2D eigenvalue weighted by molar-refractivity contribution is 5.74. The van der Waals surface area contributed by atoms with E-state index in [-0.39, 0.29) is 0 Å². The van der Waals surface area contributed by atoms with Crippen LogP contribution >= 0.6 is 0 Å². The van der Waals surface area contributed by atoms with Crippen LogP contribution in [0.5, 0.6) is 0 Å². The predicted octanol–water partition coefficient (Wildman–Crippen LogP) is 2.21. The number of rotatable bonds is 29. The van der Waals surface area contributed by atoms with Gasteiger partial charge in [-0.3, -0.25) is 4.79 Å². The van der Waals surface area contributed by atoms with Crippen molar-refractivity contribution in [1.29, 1.82) is 0 Å². The Balaban J connectivity index is 1.67. The van der Waals surface area contributed by atoms with Gasteiger partial charge >= 0.3 is 0 Å². The van der Waals surface area contributed by atoms with Crippen LogP contribution in [0.3, 0.4) is 0 Å². The fraction of sp³-hybridized carbons (Fsp3) is 0.741. The third-order valence-electron chi connectivity index (χ3n) is 4.88. The second kappa shape index (κ2) is 27.6. The van der Waals surface area contributed by atoms with Crippen molar-refractivity contribution >= 4 is 6.29 Å². The zero-order chi connectivity index (χ0) is 26.5. The Morgan fingerprint density at radius 2 is 0.919 bits per heavy atom. The zero-order valence-corrected chi connectivity index (χ0v) is 22.4. The van der Waals surface area contributed by atoms with Crippen LogP contribution in [0.2, 0.25) is 0 Å². The van der Waals surface area contributed by atoms with Crippen LogP contribution in [0.25, 0.3) is 0 Å². The first kappa shape index (κ1) is 33.6. The molecular weight excluding hydrogens is 484 g/mol. The Bertz CT molecular complexity index is 617. The van der Waals surface area contributed by atoms with Crippen LogP contribution in [-0.4, -0.2) is 126 Å². The average Bonchev–Trinajstić information content (AvgIpc) is 2.92. The Morgan fingerprint density at radius 1 is 0.541 bits per heavy atom. The molecule has 37 heavy (non-hydrogen) atoms. The number of benzene rings is 1. The number of aldehydes is 1. The molecule has 0 amide bonds. The molecule has 1 aromatic rings. The Hall–Kier alpha value is -1.47. The summed E-state index contributed by atoms with van der Waals surface area (Å²) >= 11 is 0. The lowest BCUT2D eigenvalue weighted by atomic mass is 10.1. The summed E-state index contributed by atoms with van der Waals surface area (Å²) < 4.78 is 48.4. The van der Waals surface area contributed by atoms with Crippen molar-refractivity contribution < 1.29 is 47.4 Å². The molecular formula is C27H46O10. The Morgan fingerprint density at radius 3 is 1.30 bits per heavy atom. The molecule has 0 spiro atoms. The molecule has 0 aliphatic carbocycles. The zero-order valence-electron chi connectivity index (χ0n) is 22.4. The van der Waals surface area contributed by atoms with Crippen LogP contribution in [-0.2, 0) is 49.1 Å². The summed E-state index contributed by atoms with van der Waals surface area (Å²) in [6, 6.07) is 7.65. The van der Waals surface area contributed by atoms with E-state index < -0.39 is 0 Å². The molecule has 0 N–H and O–H groups in total. The fourth-order valence-electron chi connectivity index (χ4n) is 2.98. The highest BCUT2D eigenvalue weighted by Gasteiger charge is 1.97. The van der Waals surface area contributed by atoms with Gasteiger partial charge in [0.2, 0.25) is 0 Å². The van der Waals surface area contributed by atoms with E-state index in [9.17, 15) is 4.79 Å². The third kappa shape index (κ3) is 23.4. The number of aryl methyl sites for hydroxylation is 1. The number of methoxy groups -OCH3 is 1. The van der Waals surface area contributed by atoms with Gasteiger partial charge in [0.25, 0.3) is 0 Å². The lowest BCUT2D eigenvalue weighted by molar-refractivity contribution is -0.0243. The van der Waals surface area contributed by atoms with Crippen LogP contribution in [0.1, 0.15) is 22.3 Å². The molecule has 0 radical (unpaired) electrons. The van der Waals surface area contributed by atoms with Gasteiger partial charge in [-0.15, -0.1) is 0 Å². The highest BCUT2D eigenvalue weighted by atomic mass is 16.6. The fourth-order valence-corrected chi connectivity index (χ4v) is 2.98. The molecule has 0 bridgehead atoms.